The second-order valence-corrected chi connectivity index (χ2v) is 5.60. The molecule has 0 fully saturated rings. The number of benzene rings is 2. The van der Waals surface area contributed by atoms with Crippen molar-refractivity contribution in [3.8, 4) is 11.5 Å². The molecule has 0 aromatic heterocycles. The summed E-state index contributed by atoms with van der Waals surface area (Å²) in [6.07, 6.45) is 3.08. The van der Waals surface area contributed by atoms with Crippen molar-refractivity contribution in [2.45, 2.75) is 13.8 Å². The summed E-state index contributed by atoms with van der Waals surface area (Å²) in [5.74, 6) is 0.840. The molecule has 22 heavy (non-hydrogen) atoms. The molecule has 0 N–H and O–H groups in total. The van der Waals surface area contributed by atoms with Gasteiger partial charge in [0.2, 0.25) is 0 Å². The molecule has 0 aliphatic heterocycles. The fraction of sp³-hybridized carbons (Fsp3) is 0.167. The van der Waals surface area contributed by atoms with Gasteiger partial charge >= 0.3 is 5.97 Å². The lowest BCUT2D eigenvalue weighted by Gasteiger charge is -2.07. The molecule has 0 saturated carbocycles. The molecule has 4 heteroatoms. The number of esters is 1. The van der Waals surface area contributed by atoms with Crippen molar-refractivity contribution < 1.29 is 14.3 Å². The highest BCUT2D eigenvalue weighted by atomic mass is 79.9. The van der Waals surface area contributed by atoms with Gasteiger partial charge in [-0.15, -0.1) is 0 Å². The average Bonchev–Trinajstić information content (AvgIpc) is 2.48. The topological polar surface area (TPSA) is 35.5 Å². The summed E-state index contributed by atoms with van der Waals surface area (Å²) in [7, 11) is 0. The van der Waals surface area contributed by atoms with Crippen LogP contribution in [0.25, 0.3) is 6.08 Å². The van der Waals surface area contributed by atoms with Crippen LogP contribution in [0, 0.1) is 6.92 Å². The molecule has 0 bridgehead atoms. The molecule has 0 radical (unpaired) electrons. The zero-order valence-electron chi connectivity index (χ0n) is 12.5. The number of carbonyl (C=O) groups excluding carboxylic acids is 1. The van der Waals surface area contributed by atoms with E-state index in [-0.39, 0.29) is 0 Å². The Labute approximate surface area is 138 Å². The van der Waals surface area contributed by atoms with Crippen molar-refractivity contribution in [2.24, 2.45) is 0 Å². The highest BCUT2D eigenvalue weighted by Gasteiger charge is 2.04. The fourth-order valence-corrected chi connectivity index (χ4v) is 2.30. The third-order valence-electron chi connectivity index (χ3n) is 2.88. The van der Waals surface area contributed by atoms with Crippen LogP contribution in [0.1, 0.15) is 18.1 Å². The van der Waals surface area contributed by atoms with Crippen molar-refractivity contribution in [2.75, 3.05) is 6.61 Å². The number of rotatable bonds is 5. The molecule has 0 heterocycles. The van der Waals surface area contributed by atoms with E-state index in [1.165, 1.54) is 6.08 Å². The van der Waals surface area contributed by atoms with Crippen molar-refractivity contribution in [1.29, 1.82) is 0 Å². The summed E-state index contributed by atoms with van der Waals surface area (Å²) < 4.78 is 11.7. The molecular weight excluding hydrogens is 344 g/mol. The normalized spacial score (nSPS) is 10.7. The summed E-state index contributed by atoms with van der Waals surface area (Å²) in [5, 5.41) is 0. The Balaban J connectivity index is 2.11. The summed E-state index contributed by atoms with van der Waals surface area (Å²) in [6.45, 7) is 4.43. The molecule has 0 aliphatic rings. The third-order valence-corrected chi connectivity index (χ3v) is 3.37. The maximum Gasteiger partial charge on any atom is 0.336 e. The summed E-state index contributed by atoms with van der Waals surface area (Å²) >= 11 is 3.41. The van der Waals surface area contributed by atoms with Crippen molar-refractivity contribution in [1.82, 2.24) is 0 Å². The molecule has 2 rings (SSSR count). The molecule has 0 atom stereocenters. The average molecular weight is 361 g/mol. The molecule has 0 spiro atoms. The van der Waals surface area contributed by atoms with E-state index in [0.717, 1.165) is 21.3 Å². The minimum Gasteiger partial charge on any atom is -0.493 e. The predicted octanol–water partition coefficient (Wildman–Crippen LogP) is 4.78. The van der Waals surface area contributed by atoms with Gasteiger partial charge in [-0.3, -0.25) is 0 Å². The monoisotopic (exact) mass is 360 g/mol. The van der Waals surface area contributed by atoms with Crippen LogP contribution in [0.3, 0.4) is 0 Å². The van der Waals surface area contributed by atoms with Gasteiger partial charge in [-0.25, -0.2) is 4.79 Å². The Hall–Kier alpha value is -2.07. The number of hydrogen-bond donors (Lipinski definition) is 0. The van der Waals surface area contributed by atoms with Crippen molar-refractivity contribution >= 4 is 28.0 Å². The molecule has 2 aromatic carbocycles. The van der Waals surface area contributed by atoms with Crippen LogP contribution in [0.5, 0.6) is 11.5 Å². The van der Waals surface area contributed by atoms with E-state index in [1.54, 1.807) is 12.1 Å². The van der Waals surface area contributed by atoms with E-state index in [0.29, 0.717) is 12.4 Å². The molecule has 0 saturated heterocycles. The van der Waals surface area contributed by atoms with E-state index >= 15 is 0 Å². The van der Waals surface area contributed by atoms with E-state index in [2.05, 4.69) is 15.9 Å². The molecule has 0 aliphatic carbocycles. The number of aryl methyl sites for hydroxylation is 1. The standard InChI is InChI=1S/C18H17BrO3/c1-3-21-17-9-8-15(19)12-14(17)7-10-18(20)22-16-6-4-5-13(2)11-16/h4-12H,3H2,1-2H3/b10-7+. The number of halogens is 1. The zero-order valence-corrected chi connectivity index (χ0v) is 14.1. The summed E-state index contributed by atoms with van der Waals surface area (Å²) in [6, 6.07) is 13.0. The van der Waals surface area contributed by atoms with Gasteiger partial charge < -0.3 is 9.47 Å². The first kappa shape index (κ1) is 16.3. The van der Waals surface area contributed by atoms with Gasteiger partial charge in [0.1, 0.15) is 11.5 Å². The van der Waals surface area contributed by atoms with Crippen LogP contribution in [0.4, 0.5) is 0 Å². The number of carbonyl (C=O) groups is 1. The first-order valence-corrected chi connectivity index (χ1v) is 7.76. The number of ether oxygens (including phenoxy) is 2. The Bertz CT molecular complexity index is 692. The molecule has 2 aromatic rings. The summed E-state index contributed by atoms with van der Waals surface area (Å²) in [5.41, 5.74) is 1.86. The van der Waals surface area contributed by atoms with Crippen LogP contribution in [0.15, 0.2) is 53.0 Å². The minimum absolute atomic E-state index is 0.423. The molecule has 0 unspecified atom stereocenters. The first-order valence-electron chi connectivity index (χ1n) is 6.97. The van der Waals surface area contributed by atoms with E-state index in [4.69, 9.17) is 9.47 Å². The van der Waals surface area contributed by atoms with Crippen LogP contribution >= 0.6 is 15.9 Å². The quantitative estimate of drug-likeness (QED) is 0.437. The predicted molar refractivity (Wildman–Crippen MR) is 91.2 cm³/mol. The molecule has 114 valence electrons. The SMILES string of the molecule is CCOc1ccc(Br)cc1/C=C/C(=O)Oc1cccc(C)c1. The Morgan fingerprint density at radius 2 is 2.05 bits per heavy atom. The maximum absolute atomic E-state index is 11.9. The van der Waals surface area contributed by atoms with Crippen molar-refractivity contribution in [3.63, 3.8) is 0 Å². The Morgan fingerprint density at radius 3 is 2.77 bits per heavy atom. The highest BCUT2D eigenvalue weighted by Crippen LogP contribution is 2.24. The number of hydrogen-bond acceptors (Lipinski definition) is 3. The van der Waals surface area contributed by atoms with Gasteiger partial charge in [0.25, 0.3) is 0 Å². The third kappa shape index (κ3) is 4.74. The smallest absolute Gasteiger partial charge is 0.336 e. The van der Waals surface area contributed by atoms with Crippen LogP contribution in [-0.4, -0.2) is 12.6 Å². The molecular formula is C18H17BrO3. The Kier molecular flexibility index (Phi) is 5.78. The van der Waals surface area contributed by atoms with Crippen LogP contribution in [0.2, 0.25) is 0 Å². The second kappa shape index (κ2) is 7.80. The lowest BCUT2D eigenvalue weighted by molar-refractivity contribution is -0.128. The first-order chi connectivity index (χ1) is 10.6. The van der Waals surface area contributed by atoms with Gasteiger partial charge in [-0.2, -0.15) is 0 Å². The van der Waals surface area contributed by atoms with Gasteiger partial charge in [0, 0.05) is 16.1 Å². The van der Waals surface area contributed by atoms with E-state index in [1.807, 2.05) is 50.2 Å². The lowest BCUT2D eigenvalue weighted by atomic mass is 10.2. The minimum atomic E-state index is -0.423. The molecule has 3 nitrogen and oxygen atoms in total. The van der Waals surface area contributed by atoms with Crippen LogP contribution in [-0.2, 0) is 4.79 Å². The van der Waals surface area contributed by atoms with E-state index < -0.39 is 5.97 Å². The fourth-order valence-electron chi connectivity index (χ4n) is 1.92. The lowest BCUT2D eigenvalue weighted by Crippen LogP contribution is -2.03. The van der Waals surface area contributed by atoms with Crippen molar-refractivity contribution in [3.05, 3.63) is 64.1 Å². The zero-order chi connectivity index (χ0) is 15.9. The van der Waals surface area contributed by atoms with Gasteiger partial charge in [-0.1, -0.05) is 28.1 Å². The summed E-state index contributed by atoms with van der Waals surface area (Å²) in [4.78, 5) is 11.9. The second-order valence-electron chi connectivity index (χ2n) is 4.69. The van der Waals surface area contributed by atoms with Gasteiger partial charge in [0.05, 0.1) is 6.61 Å². The highest BCUT2D eigenvalue weighted by molar-refractivity contribution is 9.10. The maximum atomic E-state index is 11.9. The molecule has 0 amide bonds. The largest absolute Gasteiger partial charge is 0.493 e. The Morgan fingerprint density at radius 1 is 1.23 bits per heavy atom. The van der Waals surface area contributed by atoms with Gasteiger partial charge in [-0.05, 0) is 55.8 Å². The van der Waals surface area contributed by atoms with Gasteiger partial charge in [0.15, 0.2) is 0 Å². The van der Waals surface area contributed by atoms with E-state index in [9.17, 15) is 4.79 Å². The van der Waals surface area contributed by atoms with Crippen LogP contribution < -0.4 is 9.47 Å².